The smallest absolute Gasteiger partial charge is 0.270 e. The average molecular weight is 317 g/mol. The highest BCUT2D eigenvalue weighted by molar-refractivity contribution is 5.80. The van der Waals surface area contributed by atoms with E-state index in [1.807, 2.05) is 0 Å². The summed E-state index contributed by atoms with van der Waals surface area (Å²) < 4.78 is 16.0. The molecule has 7 nitrogen and oxygen atoms in total. The molecule has 0 unspecified atom stereocenters. The van der Waals surface area contributed by atoms with Crippen molar-refractivity contribution in [2.24, 2.45) is 0 Å². The number of nitrogens with zero attached hydrogens (tertiary/aromatic N) is 1. The number of rotatable bonds is 7. The Morgan fingerprint density at radius 1 is 1.09 bits per heavy atom. The summed E-state index contributed by atoms with van der Waals surface area (Å²) in [4.78, 5) is 21.3. The number of carbonyl (C=O) groups is 1. The van der Waals surface area contributed by atoms with Gasteiger partial charge in [-0.2, -0.15) is 0 Å². The highest BCUT2D eigenvalue weighted by Gasteiger charge is 2.12. The van der Waals surface area contributed by atoms with Crippen molar-refractivity contribution < 1.29 is 23.9 Å². The van der Waals surface area contributed by atoms with E-state index >= 15 is 0 Å². The number of nitro benzene ring substituents is 1. The Morgan fingerprint density at radius 3 is 2.43 bits per heavy atom. The molecule has 2 aromatic carbocycles. The van der Waals surface area contributed by atoms with Crippen molar-refractivity contribution in [1.29, 1.82) is 0 Å². The number of hydrogen-bond donors (Lipinski definition) is 0. The van der Waals surface area contributed by atoms with E-state index in [1.165, 1.54) is 25.3 Å². The molecule has 0 aliphatic carbocycles. The maximum atomic E-state index is 11.1. The SMILES string of the molecule is COc1ccc(OC)c(COc2ccc([N+](=O)[O-])cc2C=O)c1. The number of aldehydes is 1. The molecule has 120 valence electrons. The molecule has 0 aliphatic heterocycles. The second-order valence-corrected chi connectivity index (χ2v) is 4.56. The number of benzene rings is 2. The Morgan fingerprint density at radius 2 is 1.83 bits per heavy atom. The van der Waals surface area contributed by atoms with E-state index in [1.54, 1.807) is 25.3 Å². The Labute approximate surface area is 132 Å². The molecule has 0 heterocycles. The summed E-state index contributed by atoms with van der Waals surface area (Å²) in [7, 11) is 3.08. The minimum absolute atomic E-state index is 0.112. The van der Waals surface area contributed by atoms with Gasteiger partial charge in [0.05, 0.1) is 24.7 Å². The Balaban J connectivity index is 2.24. The van der Waals surface area contributed by atoms with E-state index in [0.717, 1.165) is 5.56 Å². The van der Waals surface area contributed by atoms with Gasteiger partial charge >= 0.3 is 0 Å². The van der Waals surface area contributed by atoms with Crippen LogP contribution in [0.4, 0.5) is 5.69 Å². The highest BCUT2D eigenvalue weighted by Crippen LogP contribution is 2.27. The second kappa shape index (κ2) is 7.26. The van der Waals surface area contributed by atoms with Crippen molar-refractivity contribution in [2.45, 2.75) is 6.61 Å². The van der Waals surface area contributed by atoms with Gasteiger partial charge in [-0.05, 0) is 24.3 Å². The topological polar surface area (TPSA) is 87.9 Å². The lowest BCUT2D eigenvalue weighted by atomic mass is 10.2. The molecular formula is C16H15NO6. The molecule has 0 spiro atoms. The number of carbonyl (C=O) groups excluding carboxylic acids is 1. The average Bonchev–Trinajstić information content (AvgIpc) is 2.59. The number of non-ortho nitro benzene ring substituents is 1. The Bertz CT molecular complexity index is 729. The third kappa shape index (κ3) is 3.76. The van der Waals surface area contributed by atoms with E-state index in [2.05, 4.69) is 0 Å². The maximum Gasteiger partial charge on any atom is 0.270 e. The molecule has 0 bridgehead atoms. The standard InChI is InChI=1S/C16H15NO6/c1-21-14-4-6-15(22-2)12(8-14)10-23-16-5-3-13(17(19)20)7-11(16)9-18/h3-9H,10H2,1-2H3. The van der Waals surface area contributed by atoms with Gasteiger partial charge < -0.3 is 14.2 Å². The molecule has 0 amide bonds. The molecule has 0 saturated carbocycles. The van der Waals surface area contributed by atoms with Crippen molar-refractivity contribution in [1.82, 2.24) is 0 Å². The van der Waals surface area contributed by atoms with E-state index in [0.29, 0.717) is 17.8 Å². The predicted octanol–water partition coefficient (Wildman–Crippen LogP) is 3.00. The molecule has 2 aromatic rings. The molecule has 0 aliphatic rings. The fraction of sp³-hybridized carbons (Fsp3) is 0.188. The summed E-state index contributed by atoms with van der Waals surface area (Å²) >= 11 is 0. The summed E-state index contributed by atoms with van der Waals surface area (Å²) in [5.74, 6) is 1.51. The van der Waals surface area contributed by atoms with Crippen molar-refractivity contribution in [3.05, 3.63) is 57.6 Å². The van der Waals surface area contributed by atoms with E-state index in [-0.39, 0.29) is 23.6 Å². The lowest BCUT2D eigenvalue weighted by Gasteiger charge is -2.12. The molecule has 0 atom stereocenters. The summed E-state index contributed by atoms with van der Waals surface area (Å²) in [5, 5.41) is 10.7. The zero-order valence-corrected chi connectivity index (χ0v) is 12.6. The first-order valence-corrected chi connectivity index (χ1v) is 6.66. The van der Waals surface area contributed by atoms with Gasteiger partial charge in [0.15, 0.2) is 6.29 Å². The Kier molecular flexibility index (Phi) is 5.14. The largest absolute Gasteiger partial charge is 0.497 e. The third-order valence-corrected chi connectivity index (χ3v) is 3.20. The molecule has 23 heavy (non-hydrogen) atoms. The fourth-order valence-electron chi connectivity index (χ4n) is 2.02. The first-order chi connectivity index (χ1) is 11.1. The maximum absolute atomic E-state index is 11.1. The first-order valence-electron chi connectivity index (χ1n) is 6.66. The molecular weight excluding hydrogens is 302 g/mol. The number of ether oxygens (including phenoxy) is 3. The quantitative estimate of drug-likeness (QED) is 0.443. The van der Waals surface area contributed by atoms with Crippen LogP contribution in [0.3, 0.4) is 0 Å². The van der Waals surface area contributed by atoms with Crippen molar-refractivity contribution in [3.8, 4) is 17.2 Å². The van der Waals surface area contributed by atoms with Gasteiger partial charge in [-0.25, -0.2) is 0 Å². The summed E-state index contributed by atoms with van der Waals surface area (Å²) in [6.07, 6.45) is 0.519. The molecule has 2 rings (SSSR count). The van der Waals surface area contributed by atoms with E-state index < -0.39 is 4.92 Å². The van der Waals surface area contributed by atoms with Gasteiger partial charge in [-0.15, -0.1) is 0 Å². The van der Waals surface area contributed by atoms with Crippen LogP contribution in [-0.2, 0) is 6.61 Å². The van der Waals surface area contributed by atoms with Crippen LogP contribution >= 0.6 is 0 Å². The monoisotopic (exact) mass is 317 g/mol. The van der Waals surface area contributed by atoms with Crippen LogP contribution in [0.15, 0.2) is 36.4 Å². The van der Waals surface area contributed by atoms with Crippen molar-refractivity contribution in [3.63, 3.8) is 0 Å². The molecule has 7 heteroatoms. The Hall–Kier alpha value is -3.09. The summed E-state index contributed by atoms with van der Waals surface area (Å²) in [5.41, 5.74) is 0.668. The third-order valence-electron chi connectivity index (χ3n) is 3.20. The van der Waals surface area contributed by atoms with Crippen LogP contribution in [0, 0.1) is 10.1 Å². The fourth-order valence-corrected chi connectivity index (χ4v) is 2.02. The highest BCUT2D eigenvalue weighted by atomic mass is 16.6. The minimum atomic E-state index is -0.568. The zero-order chi connectivity index (χ0) is 16.8. The number of methoxy groups -OCH3 is 2. The minimum Gasteiger partial charge on any atom is -0.497 e. The van der Waals surface area contributed by atoms with Gasteiger partial charge in [-0.3, -0.25) is 14.9 Å². The van der Waals surface area contributed by atoms with Gasteiger partial charge in [0, 0.05) is 17.7 Å². The van der Waals surface area contributed by atoms with Crippen molar-refractivity contribution in [2.75, 3.05) is 14.2 Å². The van der Waals surface area contributed by atoms with Crippen LogP contribution in [-0.4, -0.2) is 25.4 Å². The molecule has 0 radical (unpaired) electrons. The van der Waals surface area contributed by atoms with Crippen LogP contribution in [0.1, 0.15) is 15.9 Å². The summed E-state index contributed by atoms with van der Waals surface area (Å²) in [6.45, 7) is 0.124. The predicted molar refractivity (Wildman–Crippen MR) is 82.4 cm³/mol. The number of hydrogen-bond acceptors (Lipinski definition) is 6. The van der Waals surface area contributed by atoms with E-state index in [4.69, 9.17) is 14.2 Å². The summed E-state index contributed by atoms with van der Waals surface area (Å²) in [6, 6.07) is 9.11. The van der Waals surface area contributed by atoms with E-state index in [9.17, 15) is 14.9 Å². The second-order valence-electron chi connectivity index (χ2n) is 4.56. The normalized spacial score (nSPS) is 10.0. The van der Waals surface area contributed by atoms with Crippen molar-refractivity contribution >= 4 is 12.0 Å². The lowest BCUT2D eigenvalue weighted by Crippen LogP contribution is -2.02. The molecule has 0 N–H and O–H groups in total. The van der Waals surface area contributed by atoms with Gasteiger partial charge in [0.2, 0.25) is 0 Å². The zero-order valence-electron chi connectivity index (χ0n) is 12.6. The van der Waals surface area contributed by atoms with Crippen LogP contribution in [0.25, 0.3) is 0 Å². The van der Waals surface area contributed by atoms with Crippen LogP contribution < -0.4 is 14.2 Å². The van der Waals surface area contributed by atoms with Gasteiger partial charge in [0.25, 0.3) is 5.69 Å². The molecule has 0 aromatic heterocycles. The van der Waals surface area contributed by atoms with Crippen LogP contribution in [0.5, 0.6) is 17.2 Å². The lowest BCUT2D eigenvalue weighted by molar-refractivity contribution is -0.384. The van der Waals surface area contributed by atoms with Gasteiger partial charge in [-0.1, -0.05) is 0 Å². The molecule has 0 fully saturated rings. The van der Waals surface area contributed by atoms with Gasteiger partial charge in [0.1, 0.15) is 23.9 Å². The van der Waals surface area contributed by atoms with Crippen LogP contribution in [0.2, 0.25) is 0 Å². The first kappa shape index (κ1) is 16.3. The molecule has 0 saturated heterocycles. The number of nitro groups is 1.